The van der Waals surface area contributed by atoms with Crippen LogP contribution in [0, 0.1) is 5.92 Å². The second-order valence-corrected chi connectivity index (χ2v) is 6.57. The monoisotopic (exact) mass is 306 g/mol. The molecule has 2 atom stereocenters. The molecule has 1 aromatic rings. The van der Waals surface area contributed by atoms with Crippen LogP contribution in [-0.4, -0.2) is 45.2 Å². The normalized spacial score (nSPS) is 21.7. The van der Waals surface area contributed by atoms with E-state index in [1.807, 2.05) is 12.1 Å². The quantitative estimate of drug-likeness (QED) is 0.927. The Bertz CT molecular complexity index is 539. The van der Waals surface area contributed by atoms with E-state index >= 15 is 0 Å². The zero-order valence-corrected chi connectivity index (χ0v) is 13.2. The molecule has 2 rings (SSSR count). The lowest BCUT2D eigenvalue weighted by molar-refractivity contribution is -0.143. The molecule has 6 heteroatoms. The first kappa shape index (κ1) is 16.3. The number of carbonyl (C=O) groups is 2. The third-order valence-electron chi connectivity index (χ3n) is 3.65. The molecule has 1 aromatic heterocycles. The fraction of sp³-hybridized carbons (Fsp3) is 0.562. The number of pyridine rings is 1. The SMILES string of the molecule is CC(C)(C)OC(=O)N1CC[C@H](Cc2ccncc2)[C@H]1C(=O)O. The van der Waals surface area contributed by atoms with Crippen molar-refractivity contribution in [3.05, 3.63) is 30.1 Å². The highest BCUT2D eigenvalue weighted by Crippen LogP contribution is 2.29. The summed E-state index contributed by atoms with van der Waals surface area (Å²) in [6.07, 6.45) is 4.08. The van der Waals surface area contributed by atoms with E-state index in [0.717, 1.165) is 5.56 Å². The fourth-order valence-electron chi connectivity index (χ4n) is 2.75. The molecule has 0 spiro atoms. The Hall–Kier alpha value is -2.11. The van der Waals surface area contributed by atoms with Crippen LogP contribution in [0.2, 0.25) is 0 Å². The van der Waals surface area contributed by atoms with Gasteiger partial charge in [-0.25, -0.2) is 9.59 Å². The summed E-state index contributed by atoms with van der Waals surface area (Å²) in [5.74, 6) is -1.10. The molecule has 0 bridgehead atoms. The molecule has 1 saturated heterocycles. The van der Waals surface area contributed by atoms with Crippen molar-refractivity contribution in [1.29, 1.82) is 0 Å². The number of rotatable bonds is 3. The second kappa shape index (κ2) is 6.34. The van der Waals surface area contributed by atoms with Crippen molar-refractivity contribution in [3.63, 3.8) is 0 Å². The summed E-state index contributed by atoms with van der Waals surface area (Å²) >= 11 is 0. The largest absolute Gasteiger partial charge is 0.480 e. The topological polar surface area (TPSA) is 79.7 Å². The molecular formula is C16H22N2O4. The highest BCUT2D eigenvalue weighted by Gasteiger charge is 2.43. The van der Waals surface area contributed by atoms with Crippen LogP contribution in [0.5, 0.6) is 0 Å². The standard InChI is InChI=1S/C16H22N2O4/c1-16(2,3)22-15(21)18-9-6-12(13(18)14(19)20)10-11-4-7-17-8-5-11/h4-5,7-8,12-13H,6,9-10H2,1-3H3,(H,19,20)/t12-,13+/m1/s1. The number of nitrogens with zero attached hydrogens (tertiary/aromatic N) is 2. The van der Waals surface area contributed by atoms with Crippen LogP contribution in [0.25, 0.3) is 0 Å². The molecule has 22 heavy (non-hydrogen) atoms. The Morgan fingerprint density at radius 2 is 2.00 bits per heavy atom. The van der Waals surface area contributed by atoms with Crippen LogP contribution < -0.4 is 0 Å². The van der Waals surface area contributed by atoms with Gasteiger partial charge in [-0.15, -0.1) is 0 Å². The minimum absolute atomic E-state index is 0.118. The van der Waals surface area contributed by atoms with E-state index in [2.05, 4.69) is 4.98 Å². The maximum absolute atomic E-state index is 12.2. The highest BCUT2D eigenvalue weighted by atomic mass is 16.6. The number of likely N-dealkylation sites (tertiary alicyclic amines) is 1. The van der Waals surface area contributed by atoms with Crippen molar-refractivity contribution >= 4 is 12.1 Å². The molecular weight excluding hydrogens is 284 g/mol. The van der Waals surface area contributed by atoms with Crippen molar-refractivity contribution in [1.82, 2.24) is 9.88 Å². The Labute approximate surface area is 130 Å². The predicted molar refractivity (Wildman–Crippen MR) is 80.4 cm³/mol. The summed E-state index contributed by atoms with van der Waals surface area (Å²) in [5, 5.41) is 9.52. The Morgan fingerprint density at radius 3 is 2.55 bits per heavy atom. The molecule has 0 radical (unpaired) electrons. The van der Waals surface area contributed by atoms with Crippen molar-refractivity contribution < 1.29 is 19.4 Å². The summed E-state index contributed by atoms with van der Waals surface area (Å²) in [5.41, 5.74) is 0.390. The van der Waals surface area contributed by atoms with Gasteiger partial charge in [-0.2, -0.15) is 0 Å². The van der Waals surface area contributed by atoms with E-state index in [4.69, 9.17) is 4.74 Å². The van der Waals surface area contributed by atoms with Crippen molar-refractivity contribution in [3.8, 4) is 0 Å². The molecule has 0 saturated carbocycles. The molecule has 6 nitrogen and oxygen atoms in total. The van der Waals surface area contributed by atoms with E-state index in [1.54, 1.807) is 33.2 Å². The number of carboxylic acids is 1. The first-order valence-corrected chi connectivity index (χ1v) is 7.39. The van der Waals surface area contributed by atoms with Crippen LogP contribution in [-0.2, 0) is 16.0 Å². The van der Waals surface area contributed by atoms with Crippen molar-refractivity contribution in [2.75, 3.05) is 6.54 Å². The zero-order valence-electron chi connectivity index (χ0n) is 13.2. The minimum Gasteiger partial charge on any atom is -0.480 e. The van der Waals surface area contributed by atoms with Gasteiger partial charge in [0.25, 0.3) is 0 Å². The molecule has 1 aliphatic rings. The highest BCUT2D eigenvalue weighted by molar-refractivity contribution is 5.81. The van der Waals surface area contributed by atoms with Crippen molar-refractivity contribution in [2.45, 2.75) is 45.3 Å². The van der Waals surface area contributed by atoms with Gasteiger partial charge in [0.1, 0.15) is 11.6 Å². The van der Waals surface area contributed by atoms with Gasteiger partial charge in [0.2, 0.25) is 0 Å². The molecule has 0 aromatic carbocycles. The van der Waals surface area contributed by atoms with E-state index in [1.165, 1.54) is 4.90 Å². The summed E-state index contributed by atoms with van der Waals surface area (Å²) in [6.45, 7) is 5.71. The summed E-state index contributed by atoms with van der Waals surface area (Å²) < 4.78 is 5.31. The fourth-order valence-corrected chi connectivity index (χ4v) is 2.75. The number of hydrogen-bond acceptors (Lipinski definition) is 4. The van der Waals surface area contributed by atoms with Crippen molar-refractivity contribution in [2.24, 2.45) is 5.92 Å². The van der Waals surface area contributed by atoms with Gasteiger partial charge in [0, 0.05) is 18.9 Å². The van der Waals surface area contributed by atoms with Crippen LogP contribution in [0.15, 0.2) is 24.5 Å². The van der Waals surface area contributed by atoms with E-state index in [-0.39, 0.29) is 5.92 Å². The number of carbonyl (C=O) groups excluding carboxylic acids is 1. The van der Waals surface area contributed by atoms with Gasteiger partial charge >= 0.3 is 12.1 Å². The number of hydrogen-bond donors (Lipinski definition) is 1. The molecule has 2 heterocycles. The Morgan fingerprint density at radius 1 is 1.36 bits per heavy atom. The number of ether oxygens (including phenoxy) is 1. The van der Waals surface area contributed by atoms with E-state index in [9.17, 15) is 14.7 Å². The average molecular weight is 306 g/mol. The number of aromatic nitrogens is 1. The van der Waals surface area contributed by atoms with Crippen LogP contribution in [0.4, 0.5) is 4.79 Å². The molecule has 0 aliphatic carbocycles. The van der Waals surface area contributed by atoms with Gasteiger partial charge in [0.05, 0.1) is 0 Å². The first-order valence-electron chi connectivity index (χ1n) is 7.39. The molecule has 0 unspecified atom stereocenters. The maximum atomic E-state index is 12.2. The van der Waals surface area contributed by atoms with Gasteiger partial charge in [0.15, 0.2) is 0 Å². The lowest BCUT2D eigenvalue weighted by atomic mass is 9.93. The summed E-state index contributed by atoms with van der Waals surface area (Å²) in [7, 11) is 0. The Balaban J connectivity index is 2.11. The molecule has 1 N–H and O–H groups in total. The molecule has 1 amide bonds. The third-order valence-corrected chi connectivity index (χ3v) is 3.65. The van der Waals surface area contributed by atoms with Gasteiger partial charge in [-0.05, 0) is 57.2 Å². The lowest BCUT2D eigenvalue weighted by Crippen LogP contribution is -2.45. The second-order valence-electron chi connectivity index (χ2n) is 6.57. The minimum atomic E-state index is -0.984. The first-order chi connectivity index (χ1) is 10.3. The molecule has 1 aliphatic heterocycles. The third kappa shape index (κ3) is 3.96. The number of carboxylic acid groups (broad SMARTS) is 1. The smallest absolute Gasteiger partial charge is 0.411 e. The average Bonchev–Trinajstić information content (AvgIpc) is 2.82. The number of aliphatic carboxylic acids is 1. The van der Waals surface area contributed by atoms with E-state index < -0.39 is 23.7 Å². The van der Waals surface area contributed by atoms with Gasteiger partial charge in [-0.1, -0.05) is 0 Å². The zero-order chi connectivity index (χ0) is 16.3. The predicted octanol–water partition coefficient (Wildman–Crippen LogP) is 2.33. The molecule has 120 valence electrons. The Kier molecular flexibility index (Phi) is 4.68. The van der Waals surface area contributed by atoms with Crippen LogP contribution >= 0.6 is 0 Å². The maximum Gasteiger partial charge on any atom is 0.411 e. The van der Waals surface area contributed by atoms with E-state index in [0.29, 0.717) is 19.4 Å². The summed E-state index contributed by atoms with van der Waals surface area (Å²) in [4.78, 5) is 29.1. The summed E-state index contributed by atoms with van der Waals surface area (Å²) in [6, 6.07) is 2.90. The van der Waals surface area contributed by atoms with Crippen LogP contribution in [0.3, 0.4) is 0 Å². The van der Waals surface area contributed by atoms with Gasteiger partial charge in [-0.3, -0.25) is 9.88 Å². The van der Waals surface area contributed by atoms with Crippen LogP contribution in [0.1, 0.15) is 32.8 Å². The number of amides is 1. The van der Waals surface area contributed by atoms with Gasteiger partial charge < -0.3 is 9.84 Å². The molecule has 1 fully saturated rings. The lowest BCUT2D eigenvalue weighted by Gasteiger charge is -2.28.